The summed E-state index contributed by atoms with van der Waals surface area (Å²) in [5, 5.41) is 9.49. The number of thioether (sulfide) groups is 1. The molecule has 0 radical (unpaired) electrons. The minimum Gasteiger partial charge on any atom is -0.478 e. The van der Waals surface area contributed by atoms with Gasteiger partial charge in [0.1, 0.15) is 11.2 Å². The molecule has 0 aromatic heterocycles. The summed E-state index contributed by atoms with van der Waals surface area (Å²) >= 11 is 1.45. The number of aromatic carboxylic acids is 1. The molecule has 0 aliphatic carbocycles. The van der Waals surface area contributed by atoms with Crippen LogP contribution in [0.25, 0.3) is 0 Å². The third-order valence-electron chi connectivity index (χ3n) is 5.33. The number of hydrogen-bond donors (Lipinski definition) is 1. The van der Waals surface area contributed by atoms with E-state index >= 15 is 0 Å². The van der Waals surface area contributed by atoms with Crippen molar-refractivity contribution in [3.8, 4) is 0 Å². The standard InChI is InChI=1S/C22H19FN2O3S/c1-14-3-2-4-17(21(27)28)19(14)22(9-11-24-12-10-22)25-18(26)13-29-20(25)15-5-7-16(23)8-6-15/h2-9,11-12,20H,10,13H2,1H3,(H,27,28). The minimum absolute atomic E-state index is 0.0936. The number of rotatable bonds is 4. The summed E-state index contributed by atoms with van der Waals surface area (Å²) in [5.41, 5.74) is 1.33. The molecule has 1 fully saturated rings. The summed E-state index contributed by atoms with van der Waals surface area (Å²) in [5.74, 6) is -1.22. The Kier molecular flexibility index (Phi) is 5.00. The number of nitrogens with zero attached hydrogens (tertiary/aromatic N) is 2. The molecule has 1 N–H and O–H groups in total. The highest BCUT2D eigenvalue weighted by molar-refractivity contribution is 8.00. The maximum Gasteiger partial charge on any atom is 0.336 e. The highest BCUT2D eigenvalue weighted by Crippen LogP contribution is 2.50. The molecule has 2 atom stereocenters. The van der Waals surface area contributed by atoms with Crippen molar-refractivity contribution in [2.45, 2.75) is 24.3 Å². The average molecular weight is 410 g/mol. The van der Waals surface area contributed by atoms with Crippen LogP contribution in [0.2, 0.25) is 0 Å². The number of carbonyl (C=O) groups excluding carboxylic acids is 1. The summed E-state index contributed by atoms with van der Waals surface area (Å²) in [6, 6.07) is 11.2. The number of carboxylic acids is 1. The second kappa shape index (κ2) is 7.48. The number of halogens is 1. The van der Waals surface area contributed by atoms with E-state index in [4.69, 9.17) is 0 Å². The minimum atomic E-state index is -1.04. The molecule has 2 unspecified atom stereocenters. The number of carbonyl (C=O) groups is 2. The van der Waals surface area contributed by atoms with Gasteiger partial charge in [0.05, 0.1) is 16.9 Å². The summed E-state index contributed by atoms with van der Waals surface area (Å²) < 4.78 is 13.5. The number of benzene rings is 2. The van der Waals surface area contributed by atoms with Gasteiger partial charge < -0.3 is 10.0 Å². The Balaban J connectivity index is 1.93. The second-order valence-electron chi connectivity index (χ2n) is 7.06. The van der Waals surface area contributed by atoms with Crippen LogP contribution in [0.4, 0.5) is 4.39 Å². The van der Waals surface area contributed by atoms with E-state index < -0.39 is 11.5 Å². The molecular formula is C22H19FN2O3S. The van der Waals surface area contributed by atoms with Gasteiger partial charge in [-0.05, 0) is 47.9 Å². The van der Waals surface area contributed by atoms with Crippen LogP contribution in [0.5, 0.6) is 0 Å². The number of amides is 1. The van der Waals surface area contributed by atoms with Crippen molar-refractivity contribution in [1.82, 2.24) is 4.90 Å². The predicted molar refractivity (Wildman–Crippen MR) is 111 cm³/mol. The van der Waals surface area contributed by atoms with Crippen molar-refractivity contribution in [1.29, 1.82) is 0 Å². The number of carboxylic acid groups (broad SMARTS) is 1. The first-order valence-corrected chi connectivity index (χ1v) is 10.2. The van der Waals surface area contributed by atoms with E-state index in [1.807, 2.05) is 19.1 Å². The molecule has 0 saturated carbocycles. The molecule has 7 heteroatoms. The van der Waals surface area contributed by atoms with E-state index in [0.29, 0.717) is 12.0 Å². The van der Waals surface area contributed by atoms with E-state index in [1.165, 1.54) is 23.9 Å². The predicted octanol–water partition coefficient (Wildman–Crippen LogP) is 4.29. The van der Waals surface area contributed by atoms with Crippen molar-refractivity contribution in [3.05, 3.63) is 82.8 Å². The summed E-state index contributed by atoms with van der Waals surface area (Å²) in [6.07, 6.45) is 5.48. The Morgan fingerprint density at radius 3 is 2.69 bits per heavy atom. The second-order valence-corrected chi connectivity index (χ2v) is 8.13. The summed E-state index contributed by atoms with van der Waals surface area (Å²) in [7, 11) is 0. The van der Waals surface area contributed by atoms with E-state index in [-0.39, 0.29) is 28.4 Å². The van der Waals surface area contributed by atoms with Crippen molar-refractivity contribution in [3.63, 3.8) is 0 Å². The lowest BCUT2D eigenvalue weighted by Crippen LogP contribution is -2.49. The lowest BCUT2D eigenvalue weighted by atomic mass is 9.78. The summed E-state index contributed by atoms with van der Waals surface area (Å²) in [4.78, 5) is 31.0. The molecule has 0 bridgehead atoms. The van der Waals surface area contributed by atoms with E-state index in [9.17, 15) is 19.1 Å². The zero-order valence-electron chi connectivity index (χ0n) is 15.7. The van der Waals surface area contributed by atoms with Crippen LogP contribution >= 0.6 is 11.8 Å². The average Bonchev–Trinajstić information content (AvgIpc) is 3.11. The van der Waals surface area contributed by atoms with Crippen LogP contribution in [0.15, 0.2) is 59.7 Å². The van der Waals surface area contributed by atoms with Gasteiger partial charge in [0.15, 0.2) is 0 Å². The van der Waals surface area contributed by atoms with Gasteiger partial charge in [0.2, 0.25) is 5.91 Å². The van der Waals surface area contributed by atoms with E-state index in [1.54, 1.807) is 41.6 Å². The zero-order chi connectivity index (χ0) is 20.6. The topological polar surface area (TPSA) is 70.0 Å². The van der Waals surface area contributed by atoms with Gasteiger partial charge in [-0.1, -0.05) is 24.3 Å². The van der Waals surface area contributed by atoms with Crippen LogP contribution in [0.1, 0.15) is 38.8 Å². The number of hydrogen-bond acceptors (Lipinski definition) is 4. The van der Waals surface area contributed by atoms with Crippen LogP contribution in [0, 0.1) is 12.7 Å². The first-order valence-electron chi connectivity index (χ1n) is 9.16. The van der Waals surface area contributed by atoms with Gasteiger partial charge in [-0.2, -0.15) is 0 Å². The van der Waals surface area contributed by atoms with Gasteiger partial charge in [-0.3, -0.25) is 9.79 Å². The molecule has 2 aliphatic heterocycles. The van der Waals surface area contributed by atoms with Crippen molar-refractivity contribution in [2.24, 2.45) is 4.99 Å². The monoisotopic (exact) mass is 410 g/mol. The third-order valence-corrected chi connectivity index (χ3v) is 6.55. The zero-order valence-corrected chi connectivity index (χ0v) is 16.5. The molecule has 0 spiro atoms. The van der Waals surface area contributed by atoms with Gasteiger partial charge in [-0.15, -0.1) is 11.8 Å². The van der Waals surface area contributed by atoms with E-state index in [2.05, 4.69) is 4.99 Å². The Bertz CT molecular complexity index is 1030. The smallest absolute Gasteiger partial charge is 0.336 e. The molecule has 4 rings (SSSR count). The Morgan fingerprint density at radius 1 is 1.28 bits per heavy atom. The lowest BCUT2D eigenvalue weighted by Gasteiger charge is -2.44. The molecule has 2 aromatic rings. The fourth-order valence-corrected chi connectivity index (χ4v) is 5.37. The maximum absolute atomic E-state index is 13.5. The lowest BCUT2D eigenvalue weighted by molar-refractivity contribution is -0.133. The molecular weight excluding hydrogens is 391 g/mol. The van der Waals surface area contributed by atoms with Crippen LogP contribution in [0.3, 0.4) is 0 Å². The van der Waals surface area contributed by atoms with E-state index in [0.717, 1.165) is 11.1 Å². The van der Waals surface area contributed by atoms with Crippen LogP contribution in [-0.2, 0) is 10.3 Å². The molecule has 2 aromatic carbocycles. The van der Waals surface area contributed by atoms with Gasteiger partial charge in [0, 0.05) is 18.8 Å². The third kappa shape index (κ3) is 3.25. The molecule has 148 valence electrons. The molecule has 2 heterocycles. The Morgan fingerprint density at radius 2 is 2.03 bits per heavy atom. The van der Waals surface area contributed by atoms with Crippen LogP contribution < -0.4 is 0 Å². The first-order chi connectivity index (χ1) is 13.9. The van der Waals surface area contributed by atoms with Gasteiger partial charge >= 0.3 is 5.97 Å². The SMILES string of the molecule is Cc1cccc(C(=O)O)c1C1(N2C(=O)CSC2c2ccc(F)cc2)C=CN=CC1. The maximum atomic E-state index is 13.5. The normalized spacial score (nSPS) is 23.6. The first kappa shape index (κ1) is 19.4. The molecule has 1 amide bonds. The fourth-order valence-electron chi connectivity index (χ4n) is 4.12. The Hall–Kier alpha value is -2.93. The highest BCUT2D eigenvalue weighted by Gasteiger charge is 2.49. The quantitative estimate of drug-likeness (QED) is 0.816. The van der Waals surface area contributed by atoms with Gasteiger partial charge in [0.25, 0.3) is 0 Å². The van der Waals surface area contributed by atoms with Crippen molar-refractivity contribution < 1.29 is 19.1 Å². The largest absolute Gasteiger partial charge is 0.478 e. The van der Waals surface area contributed by atoms with Crippen LogP contribution in [-0.4, -0.2) is 33.9 Å². The number of aryl methyl sites for hydroxylation is 1. The Labute approximate surface area is 171 Å². The van der Waals surface area contributed by atoms with Gasteiger partial charge in [-0.25, -0.2) is 9.18 Å². The van der Waals surface area contributed by atoms with Crippen molar-refractivity contribution >= 4 is 29.9 Å². The number of aliphatic imine (C=N–C) groups is 1. The molecule has 2 aliphatic rings. The fraction of sp³-hybridized carbons (Fsp3) is 0.227. The molecule has 5 nitrogen and oxygen atoms in total. The highest BCUT2D eigenvalue weighted by atomic mass is 32.2. The molecule has 29 heavy (non-hydrogen) atoms. The molecule has 1 saturated heterocycles. The summed E-state index contributed by atoms with van der Waals surface area (Å²) in [6.45, 7) is 1.85. The van der Waals surface area contributed by atoms with Crippen molar-refractivity contribution in [2.75, 3.05) is 5.75 Å².